The molecule has 3 aliphatic heterocycles. The van der Waals surface area contributed by atoms with Gasteiger partial charge in [0.15, 0.2) is 0 Å². The number of nitrogens with zero attached hydrogens (tertiary/aromatic N) is 6. The van der Waals surface area contributed by atoms with Crippen molar-refractivity contribution in [2.75, 3.05) is 69.7 Å². The van der Waals surface area contributed by atoms with Crippen LogP contribution in [0, 0.1) is 19.8 Å². The Labute approximate surface area is 305 Å². The number of piperazine rings is 1. The van der Waals surface area contributed by atoms with Crippen molar-refractivity contribution in [2.24, 2.45) is 5.92 Å². The van der Waals surface area contributed by atoms with E-state index in [0.717, 1.165) is 109 Å². The Balaban J connectivity index is 1.18. The topological polar surface area (TPSA) is 122 Å². The maximum Gasteiger partial charge on any atom is 0.349 e. The highest BCUT2D eigenvalue weighted by atomic mass is 19.3. The molecule has 13 heteroatoms. The molecule has 0 bridgehead atoms. The van der Waals surface area contributed by atoms with E-state index in [-0.39, 0.29) is 18.2 Å². The van der Waals surface area contributed by atoms with Crippen LogP contribution >= 0.6 is 0 Å². The van der Waals surface area contributed by atoms with Crippen LogP contribution in [-0.2, 0) is 32.2 Å². The van der Waals surface area contributed by atoms with Gasteiger partial charge in [0.05, 0.1) is 24.9 Å². The summed E-state index contributed by atoms with van der Waals surface area (Å²) in [6.45, 7) is 9.70. The molecule has 0 radical (unpaired) electrons. The lowest BCUT2D eigenvalue weighted by molar-refractivity contribution is -0.184. The van der Waals surface area contributed by atoms with Crippen LogP contribution in [-0.4, -0.2) is 102 Å². The number of carbonyl (C=O) groups excluding carboxylic acids is 3. The van der Waals surface area contributed by atoms with Gasteiger partial charge in [-0.15, -0.1) is 0 Å². The molecule has 0 spiro atoms. The van der Waals surface area contributed by atoms with Crippen molar-refractivity contribution in [1.29, 1.82) is 0 Å². The highest BCUT2D eigenvalue weighted by Gasteiger charge is 2.29. The highest BCUT2D eigenvalue weighted by Crippen LogP contribution is 2.34. The van der Waals surface area contributed by atoms with E-state index >= 15 is 0 Å². The SMILES string of the molecule is COc1cc(CCC2CCN(CC(CC(=O)OF)c3cc(N4CCN(C(=O)CCCC=O)CC4)cc(-n4nc(C)cc4C)c3)C2)nc2c1CCCN2. The summed E-state index contributed by atoms with van der Waals surface area (Å²) in [5.41, 5.74) is 6.82. The Bertz CT molecular complexity index is 1710. The number of methoxy groups -OCH3 is 1. The first-order valence-electron chi connectivity index (χ1n) is 18.7. The summed E-state index contributed by atoms with van der Waals surface area (Å²) in [5, 5.41) is 8.18. The minimum atomic E-state index is -0.887. The van der Waals surface area contributed by atoms with E-state index in [1.807, 2.05) is 29.5 Å². The standard InChI is InChI=1S/C39H52FN7O5/c1-27-19-28(2)47(43-27)34-21-30(20-33(24-34)45-14-16-46(17-15-45)37(49)8-4-5-18-48)31(22-38(50)52-40)26-44-13-11-29(25-44)9-10-32-23-36(51-3)35-7-6-12-41-39(35)42-32/h18-21,23-24,29,31H,4-17,22,25-26H2,1-3H3,(H,41,42). The van der Waals surface area contributed by atoms with Crippen LogP contribution in [0.1, 0.15) is 79.1 Å². The van der Waals surface area contributed by atoms with Crippen molar-refractivity contribution >= 4 is 29.7 Å². The number of aldehydes is 1. The van der Waals surface area contributed by atoms with Gasteiger partial charge in [0.1, 0.15) is 17.9 Å². The molecule has 2 atom stereocenters. The molecule has 2 fully saturated rings. The van der Waals surface area contributed by atoms with Gasteiger partial charge in [-0.05, 0) is 94.7 Å². The van der Waals surface area contributed by atoms with Crippen LogP contribution in [0.4, 0.5) is 16.0 Å². The lowest BCUT2D eigenvalue weighted by Crippen LogP contribution is -2.48. The average Bonchev–Trinajstić information content (AvgIpc) is 3.77. The van der Waals surface area contributed by atoms with Crippen LogP contribution in [0.3, 0.4) is 0 Å². The maximum atomic E-state index is 13.3. The molecule has 3 aliphatic rings. The van der Waals surface area contributed by atoms with Crippen LogP contribution in [0.15, 0.2) is 30.3 Å². The number of rotatable bonds is 15. The second-order valence-electron chi connectivity index (χ2n) is 14.5. The quantitative estimate of drug-likeness (QED) is 0.167. The molecular formula is C39H52FN7O5. The smallest absolute Gasteiger partial charge is 0.349 e. The molecule has 0 aliphatic carbocycles. The number of unbranched alkanes of at least 4 members (excludes halogenated alkanes) is 1. The zero-order valence-electron chi connectivity index (χ0n) is 30.7. The Hall–Kier alpha value is -4.52. The molecule has 1 amide bonds. The van der Waals surface area contributed by atoms with Gasteiger partial charge in [-0.2, -0.15) is 5.10 Å². The normalized spacial score (nSPS) is 18.1. The molecule has 3 aromatic rings. The molecule has 12 nitrogen and oxygen atoms in total. The number of nitrogens with one attached hydrogen (secondary N) is 1. The molecule has 1 aromatic carbocycles. The van der Waals surface area contributed by atoms with E-state index < -0.39 is 5.97 Å². The van der Waals surface area contributed by atoms with E-state index in [4.69, 9.17) is 14.8 Å². The fraction of sp³-hybridized carbons (Fsp3) is 0.564. The molecule has 2 saturated heterocycles. The number of anilines is 2. The van der Waals surface area contributed by atoms with E-state index in [9.17, 15) is 18.9 Å². The average molecular weight is 718 g/mol. The van der Waals surface area contributed by atoms with E-state index in [0.29, 0.717) is 57.9 Å². The summed E-state index contributed by atoms with van der Waals surface area (Å²) >= 11 is 0. The largest absolute Gasteiger partial charge is 0.496 e. The van der Waals surface area contributed by atoms with Gasteiger partial charge in [-0.3, -0.25) is 9.74 Å². The lowest BCUT2D eigenvalue weighted by Gasteiger charge is -2.37. The third-order valence-electron chi connectivity index (χ3n) is 10.8. The van der Waals surface area contributed by atoms with Crippen LogP contribution in [0.2, 0.25) is 0 Å². The highest BCUT2D eigenvalue weighted by molar-refractivity contribution is 5.77. The van der Waals surface area contributed by atoms with E-state index in [1.54, 1.807) is 7.11 Å². The monoisotopic (exact) mass is 717 g/mol. The molecule has 1 N–H and O–H groups in total. The molecule has 5 heterocycles. The first kappa shape index (κ1) is 37.2. The number of aryl methyl sites for hydroxylation is 3. The van der Waals surface area contributed by atoms with Crippen molar-refractivity contribution in [1.82, 2.24) is 24.6 Å². The van der Waals surface area contributed by atoms with Crippen molar-refractivity contribution in [2.45, 2.75) is 77.6 Å². The minimum absolute atomic E-state index is 0.0722. The van der Waals surface area contributed by atoms with E-state index in [1.165, 1.54) is 0 Å². The minimum Gasteiger partial charge on any atom is -0.496 e. The van der Waals surface area contributed by atoms with Crippen molar-refractivity contribution < 1.29 is 28.6 Å². The zero-order chi connectivity index (χ0) is 36.6. The summed E-state index contributed by atoms with van der Waals surface area (Å²) in [4.78, 5) is 51.1. The lowest BCUT2D eigenvalue weighted by atomic mass is 9.93. The summed E-state index contributed by atoms with van der Waals surface area (Å²) in [6, 6.07) is 10.4. The van der Waals surface area contributed by atoms with Gasteiger partial charge in [-0.1, -0.05) is 0 Å². The zero-order valence-corrected chi connectivity index (χ0v) is 30.7. The predicted molar refractivity (Wildman–Crippen MR) is 197 cm³/mol. The van der Waals surface area contributed by atoms with Gasteiger partial charge in [0.25, 0.3) is 0 Å². The van der Waals surface area contributed by atoms with Gasteiger partial charge >= 0.3 is 5.97 Å². The number of hydrogen-bond acceptors (Lipinski definition) is 10. The number of amides is 1. The van der Waals surface area contributed by atoms with Crippen molar-refractivity contribution in [3.8, 4) is 11.4 Å². The maximum absolute atomic E-state index is 13.3. The van der Waals surface area contributed by atoms with Crippen LogP contribution in [0.25, 0.3) is 5.69 Å². The second kappa shape index (κ2) is 17.3. The Morgan fingerprint density at radius 1 is 1.08 bits per heavy atom. The summed E-state index contributed by atoms with van der Waals surface area (Å²) < 4.78 is 20.9. The van der Waals surface area contributed by atoms with Crippen molar-refractivity contribution in [3.63, 3.8) is 0 Å². The molecule has 0 saturated carbocycles. The van der Waals surface area contributed by atoms with E-state index in [2.05, 4.69) is 44.3 Å². The Morgan fingerprint density at radius 2 is 1.88 bits per heavy atom. The number of hydrogen-bond donors (Lipinski definition) is 1. The first-order valence-corrected chi connectivity index (χ1v) is 18.7. The molecule has 2 aromatic heterocycles. The number of fused-ring (bicyclic) bond motifs is 1. The van der Waals surface area contributed by atoms with Gasteiger partial charge < -0.3 is 29.5 Å². The summed E-state index contributed by atoms with van der Waals surface area (Å²) in [7, 11) is 1.72. The predicted octanol–water partition coefficient (Wildman–Crippen LogP) is 5.12. The number of benzene rings is 1. The van der Waals surface area contributed by atoms with Gasteiger partial charge in [0.2, 0.25) is 5.91 Å². The first-order chi connectivity index (χ1) is 25.2. The second-order valence-corrected chi connectivity index (χ2v) is 14.5. The number of pyridine rings is 1. The van der Waals surface area contributed by atoms with Gasteiger partial charge in [-0.25, -0.2) is 14.5 Å². The van der Waals surface area contributed by atoms with Crippen LogP contribution in [0.5, 0.6) is 5.75 Å². The Kier molecular flexibility index (Phi) is 12.4. The molecule has 6 rings (SSSR count). The molecular weight excluding hydrogens is 665 g/mol. The number of carbonyl (C=O) groups is 3. The molecule has 280 valence electrons. The molecule has 2 unspecified atom stereocenters. The fourth-order valence-corrected chi connectivity index (χ4v) is 8.02. The summed E-state index contributed by atoms with van der Waals surface area (Å²) in [5.74, 6) is 1.20. The fourth-order valence-electron chi connectivity index (χ4n) is 8.02. The number of likely N-dealkylation sites (tertiary alicyclic amines) is 1. The van der Waals surface area contributed by atoms with Crippen molar-refractivity contribution in [3.05, 3.63) is 58.5 Å². The molecule has 52 heavy (non-hydrogen) atoms. The third kappa shape index (κ3) is 9.09. The van der Waals surface area contributed by atoms with Crippen LogP contribution < -0.4 is 15.0 Å². The Morgan fingerprint density at radius 3 is 2.62 bits per heavy atom. The number of aromatic nitrogens is 3. The summed E-state index contributed by atoms with van der Waals surface area (Å²) in [6.07, 6.45) is 7.02. The number of ether oxygens (including phenoxy) is 1. The third-order valence-corrected chi connectivity index (χ3v) is 10.8. The number of halogens is 1. The van der Waals surface area contributed by atoms with Gasteiger partial charge in [0, 0.05) is 97.8 Å².